The molecule has 0 aromatic heterocycles. The first-order chi connectivity index (χ1) is 7.63. The third-order valence-electron chi connectivity index (χ3n) is 2.17. The topological polar surface area (TPSA) is 64.7 Å². The lowest BCUT2D eigenvalue weighted by Gasteiger charge is -2.04. The Morgan fingerprint density at radius 3 is 3.06 bits per heavy atom. The van der Waals surface area contributed by atoms with Crippen LogP contribution in [0, 0.1) is 0 Å². The van der Waals surface area contributed by atoms with Crippen LogP contribution in [0.5, 0.6) is 0 Å². The largest absolute Gasteiger partial charge is 0.457 e. The summed E-state index contributed by atoms with van der Waals surface area (Å²) in [4.78, 5) is 15.6. The standard InChI is InChI=1S/C10H8BrClN2O2/c11-6-2-1-5-4-16-10(15)8(5)9(6)14-7(13)3-12/h1-2H,3-4H2,(H2,13,14). The van der Waals surface area contributed by atoms with Gasteiger partial charge in [0.15, 0.2) is 0 Å². The van der Waals surface area contributed by atoms with Crippen molar-refractivity contribution in [1.82, 2.24) is 0 Å². The van der Waals surface area contributed by atoms with Crippen molar-refractivity contribution < 1.29 is 9.53 Å². The van der Waals surface area contributed by atoms with Crippen LogP contribution in [0.2, 0.25) is 0 Å². The van der Waals surface area contributed by atoms with Crippen LogP contribution < -0.4 is 5.73 Å². The van der Waals surface area contributed by atoms with Gasteiger partial charge in [0.05, 0.1) is 17.1 Å². The van der Waals surface area contributed by atoms with E-state index in [0.29, 0.717) is 15.7 Å². The van der Waals surface area contributed by atoms with E-state index >= 15 is 0 Å². The molecule has 0 unspecified atom stereocenters. The normalized spacial score (nSPS) is 14.9. The molecular weight excluding hydrogens is 295 g/mol. The Kier molecular flexibility index (Phi) is 3.16. The summed E-state index contributed by atoms with van der Waals surface area (Å²) >= 11 is 8.88. The summed E-state index contributed by atoms with van der Waals surface area (Å²) in [6, 6.07) is 3.63. The molecule has 1 aromatic carbocycles. The zero-order chi connectivity index (χ0) is 11.7. The number of carbonyl (C=O) groups excluding carboxylic acids is 1. The zero-order valence-electron chi connectivity index (χ0n) is 8.17. The molecule has 1 heterocycles. The van der Waals surface area contributed by atoms with Crippen molar-refractivity contribution in [3.05, 3.63) is 27.7 Å². The summed E-state index contributed by atoms with van der Waals surface area (Å²) in [5.74, 6) is -0.00147. The SMILES string of the molecule is NC(CCl)=Nc1c(Br)ccc2c1C(=O)OC2. The maximum atomic E-state index is 11.5. The molecule has 0 atom stereocenters. The number of hydrogen-bond acceptors (Lipinski definition) is 3. The molecule has 2 N–H and O–H groups in total. The maximum Gasteiger partial charge on any atom is 0.341 e. The fourth-order valence-electron chi connectivity index (χ4n) is 1.45. The molecule has 6 heteroatoms. The quantitative estimate of drug-likeness (QED) is 0.395. The van der Waals surface area contributed by atoms with Crippen molar-refractivity contribution in [2.75, 3.05) is 5.88 Å². The fourth-order valence-corrected chi connectivity index (χ4v) is 1.93. The van der Waals surface area contributed by atoms with E-state index in [-0.39, 0.29) is 24.3 Å². The van der Waals surface area contributed by atoms with Crippen LogP contribution >= 0.6 is 27.5 Å². The Hall–Kier alpha value is -1.07. The summed E-state index contributed by atoms with van der Waals surface area (Å²) in [7, 11) is 0. The van der Waals surface area contributed by atoms with Crippen molar-refractivity contribution in [3.8, 4) is 0 Å². The Balaban J connectivity index is 2.60. The number of halogens is 2. The molecule has 1 aliphatic heterocycles. The van der Waals surface area contributed by atoms with Gasteiger partial charge >= 0.3 is 5.97 Å². The third kappa shape index (κ3) is 1.92. The predicted molar refractivity (Wildman–Crippen MR) is 65.3 cm³/mol. The fraction of sp³-hybridized carbons (Fsp3) is 0.200. The number of fused-ring (bicyclic) bond motifs is 1. The number of cyclic esters (lactones) is 1. The number of rotatable bonds is 2. The van der Waals surface area contributed by atoms with Crippen molar-refractivity contribution in [2.24, 2.45) is 10.7 Å². The van der Waals surface area contributed by atoms with Crippen molar-refractivity contribution in [3.63, 3.8) is 0 Å². The van der Waals surface area contributed by atoms with Crippen molar-refractivity contribution >= 4 is 45.0 Å². The van der Waals surface area contributed by atoms with E-state index in [1.165, 1.54) is 0 Å². The first-order valence-electron chi connectivity index (χ1n) is 4.51. The number of esters is 1. The molecule has 16 heavy (non-hydrogen) atoms. The van der Waals surface area contributed by atoms with E-state index < -0.39 is 0 Å². The van der Waals surface area contributed by atoms with E-state index in [1.807, 2.05) is 6.07 Å². The summed E-state index contributed by atoms with van der Waals surface area (Å²) in [5, 5.41) is 0. The Morgan fingerprint density at radius 2 is 2.38 bits per heavy atom. The van der Waals surface area contributed by atoms with Crippen LogP contribution in [-0.2, 0) is 11.3 Å². The van der Waals surface area contributed by atoms with Crippen molar-refractivity contribution in [1.29, 1.82) is 0 Å². The van der Waals surface area contributed by atoms with E-state index in [9.17, 15) is 4.79 Å². The molecule has 2 rings (SSSR count). The van der Waals surface area contributed by atoms with Gasteiger partial charge in [0.25, 0.3) is 0 Å². The van der Waals surface area contributed by atoms with Gasteiger partial charge in [0.2, 0.25) is 0 Å². The van der Waals surface area contributed by atoms with Crippen LogP contribution in [0.25, 0.3) is 0 Å². The minimum atomic E-state index is -0.377. The molecule has 1 aromatic rings. The number of aliphatic imine (C=N–C) groups is 1. The summed E-state index contributed by atoms with van der Waals surface area (Å²) in [6.45, 7) is 0.282. The number of benzene rings is 1. The number of alkyl halides is 1. The predicted octanol–water partition coefficient (Wildman–Crippen LogP) is 2.35. The molecule has 0 fully saturated rings. The first-order valence-corrected chi connectivity index (χ1v) is 5.83. The van der Waals surface area contributed by atoms with Gasteiger partial charge in [-0.2, -0.15) is 0 Å². The Bertz CT molecular complexity index is 488. The van der Waals surface area contributed by atoms with Crippen molar-refractivity contribution in [2.45, 2.75) is 6.61 Å². The molecule has 0 amide bonds. The summed E-state index contributed by atoms with van der Waals surface area (Å²) < 4.78 is 5.62. The van der Waals surface area contributed by atoms with E-state index in [0.717, 1.165) is 5.56 Å². The molecular formula is C10H8BrClN2O2. The average molecular weight is 304 g/mol. The molecule has 4 nitrogen and oxygen atoms in total. The monoisotopic (exact) mass is 302 g/mol. The highest BCUT2D eigenvalue weighted by Crippen LogP contribution is 2.35. The van der Waals surface area contributed by atoms with Gasteiger partial charge in [-0.05, 0) is 22.0 Å². The van der Waals surface area contributed by atoms with Crippen LogP contribution in [0.15, 0.2) is 21.6 Å². The number of amidine groups is 1. The van der Waals surface area contributed by atoms with E-state index in [1.54, 1.807) is 6.07 Å². The zero-order valence-corrected chi connectivity index (χ0v) is 10.5. The van der Waals surface area contributed by atoms with Gasteiger partial charge in [0, 0.05) is 10.0 Å². The van der Waals surface area contributed by atoms with Gasteiger partial charge in [-0.15, -0.1) is 11.6 Å². The molecule has 0 saturated heterocycles. The van der Waals surface area contributed by atoms with Crippen LogP contribution in [-0.4, -0.2) is 17.7 Å². The van der Waals surface area contributed by atoms with E-state index in [2.05, 4.69) is 20.9 Å². The summed E-state index contributed by atoms with van der Waals surface area (Å²) in [6.07, 6.45) is 0. The smallest absolute Gasteiger partial charge is 0.341 e. The maximum absolute atomic E-state index is 11.5. The molecule has 0 spiro atoms. The van der Waals surface area contributed by atoms with Gasteiger partial charge < -0.3 is 10.5 Å². The van der Waals surface area contributed by atoms with Gasteiger partial charge in [-0.25, -0.2) is 9.79 Å². The highest BCUT2D eigenvalue weighted by Gasteiger charge is 2.26. The lowest BCUT2D eigenvalue weighted by Crippen LogP contribution is -2.12. The lowest BCUT2D eigenvalue weighted by atomic mass is 10.1. The van der Waals surface area contributed by atoms with E-state index in [4.69, 9.17) is 22.1 Å². The number of hydrogen-bond donors (Lipinski definition) is 1. The second-order valence-electron chi connectivity index (χ2n) is 3.24. The van der Waals surface area contributed by atoms with Crippen LogP contribution in [0.4, 0.5) is 5.69 Å². The molecule has 84 valence electrons. The molecule has 0 aliphatic carbocycles. The molecule has 0 bridgehead atoms. The number of carbonyl (C=O) groups is 1. The minimum absolute atomic E-state index is 0.116. The molecule has 0 saturated carbocycles. The van der Waals surface area contributed by atoms with Gasteiger partial charge in [-0.1, -0.05) is 6.07 Å². The second-order valence-corrected chi connectivity index (χ2v) is 4.36. The highest BCUT2D eigenvalue weighted by molar-refractivity contribution is 9.10. The first kappa shape index (κ1) is 11.4. The minimum Gasteiger partial charge on any atom is -0.457 e. The number of nitrogens with zero attached hydrogens (tertiary/aromatic N) is 1. The Morgan fingerprint density at radius 1 is 1.62 bits per heavy atom. The lowest BCUT2D eigenvalue weighted by molar-refractivity contribution is 0.0535. The Labute approximate surface area is 106 Å². The summed E-state index contributed by atoms with van der Waals surface area (Å²) in [5.41, 5.74) is 7.32. The molecule has 0 radical (unpaired) electrons. The molecule has 1 aliphatic rings. The number of nitrogens with two attached hydrogens (primary N) is 1. The van der Waals surface area contributed by atoms with Gasteiger partial charge in [-0.3, -0.25) is 0 Å². The average Bonchev–Trinajstić information content (AvgIpc) is 2.64. The third-order valence-corrected chi connectivity index (χ3v) is 3.08. The second kappa shape index (κ2) is 4.43. The van der Waals surface area contributed by atoms with Crippen LogP contribution in [0.1, 0.15) is 15.9 Å². The van der Waals surface area contributed by atoms with Gasteiger partial charge in [0.1, 0.15) is 12.4 Å². The highest BCUT2D eigenvalue weighted by atomic mass is 79.9. The van der Waals surface area contributed by atoms with Crippen LogP contribution in [0.3, 0.4) is 0 Å². The number of ether oxygens (including phenoxy) is 1.